The van der Waals surface area contributed by atoms with Crippen LogP contribution >= 0.6 is 0 Å². The van der Waals surface area contributed by atoms with E-state index in [1.165, 1.54) is 11.6 Å². The van der Waals surface area contributed by atoms with Crippen molar-refractivity contribution in [1.82, 2.24) is 4.90 Å². The molecular weight excluding hydrogens is 340 g/mol. The number of carbonyl (C=O) groups excluding carboxylic acids is 1. The summed E-state index contributed by atoms with van der Waals surface area (Å²) in [7, 11) is 0. The van der Waals surface area contributed by atoms with E-state index < -0.39 is 6.04 Å². The van der Waals surface area contributed by atoms with Crippen LogP contribution in [0.1, 0.15) is 27.8 Å². The minimum Gasteiger partial charge on any atom is -0.422 e. The van der Waals surface area contributed by atoms with E-state index >= 15 is 0 Å². The van der Waals surface area contributed by atoms with Gasteiger partial charge in [0.2, 0.25) is 5.91 Å². The molecule has 2 heterocycles. The molecule has 0 fully saturated rings. The Kier molecular flexibility index (Phi) is 4.32. The van der Waals surface area contributed by atoms with Crippen LogP contribution in [0.2, 0.25) is 0 Å². The molecule has 1 atom stereocenters. The van der Waals surface area contributed by atoms with Gasteiger partial charge in [-0.2, -0.15) is 0 Å². The fourth-order valence-electron chi connectivity index (χ4n) is 3.90. The number of nitrogens with two attached hydrogens (primary N) is 1. The second-order valence-electron chi connectivity index (χ2n) is 7.27. The van der Waals surface area contributed by atoms with Crippen molar-refractivity contribution < 1.29 is 9.21 Å². The van der Waals surface area contributed by atoms with Crippen molar-refractivity contribution in [3.63, 3.8) is 0 Å². The highest BCUT2D eigenvalue weighted by atomic mass is 16.4. The summed E-state index contributed by atoms with van der Waals surface area (Å²) in [6.07, 6.45) is 0.586. The van der Waals surface area contributed by atoms with Gasteiger partial charge in [-0.1, -0.05) is 36.4 Å². The molecule has 2 aromatic carbocycles. The molecule has 3 aromatic rings. The summed E-state index contributed by atoms with van der Waals surface area (Å²) in [6, 6.07) is 13.2. The summed E-state index contributed by atoms with van der Waals surface area (Å²) in [5, 5.41) is 0.903. The summed E-state index contributed by atoms with van der Waals surface area (Å²) < 4.78 is 5.47. The van der Waals surface area contributed by atoms with Gasteiger partial charge >= 0.3 is 5.63 Å². The number of amides is 1. The van der Waals surface area contributed by atoms with E-state index in [-0.39, 0.29) is 11.5 Å². The van der Waals surface area contributed by atoms with Crippen molar-refractivity contribution in [2.24, 2.45) is 5.73 Å². The number of benzene rings is 2. The van der Waals surface area contributed by atoms with Gasteiger partial charge in [0.25, 0.3) is 0 Å². The number of primary amides is 1. The molecule has 1 aromatic heterocycles. The van der Waals surface area contributed by atoms with Crippen LogP contribution < -0.4 is 11.4 Å². The highest BCUT2D eigenvalue weighted by Gasteiger charge is 2.30. The monoisotopic (exact) mass is 362 g/mol. The maximum absolute atomic E-state index is 12.1. The third-order valence-electron chi connectivity index (χ3n) is 5.57. The maximum atomic E-state index is 12.1. The predicted octanol–water partition coefficient (Wildman–Crippen LogP) is 2.82. The molecule has 1 amide bonds. The van der Waals surface area contributed by atoms with Gasteiger partial charge in [-0.05, 0) is 48.1 Å². The molecule has 5 heteroatoms. The summed E-state index contributed by atoms with van der Waals surface area (Å²) >= 11 is 0. The van der Waals surface area contributed by atoms with Gasteiger partial charge in [-0.15, -0.1) is 0 Å². The first-order valence-electron chi connectivity index (χ1n) is 9.07. The molecule has 27 heavy (non-hydrogen) atoms. The van der Waals surface area contributed by atoms with Gasteiger partial charge in [-0.3, -0.25) is 9.69 Å². The molecule has 0 aliphatic carbocycles. The van der Waals surface area contributed by atoms with Crippen LogP contribution in [-0.2, 0) is 24.3 Å². The van der Waals surface area contributed by atoms with Crippen LogP contribution in [0.15, 0.2) is 51.7 Å². The smallest absolute Gasteiger partial charge is 0.336 e. The zero-order valence-electron chi connectivity index (χ0n) is 15.5. The molecule has 5 nitrogen and oxygen atoms in total. The molecule has 4 rings (SSSR count). The Labute approximate surface area is 157 Å². The lowest BCUT2D eigenvalue weighted by atomic mass is 9.93. The Hall–Kier alpha value is -2.92. The number of nitrogens with zero attached hydrogens (tertiary/aromatic N) is 1. The Morgan fingerprint density at radius 3 is 2.67 bits per heavy atom. The van der Waals surface area contributed by atoms with Crippen LogP contribution in [0.3, 0.4) is 0 Å². The lowest BCUT2D eigenvalue weighted by Crippen LogP contribution is -2.48. The minimum absolute atomic E-state index is 0.344. The molecule has 0 saturated heterocycles. The molecule has 0 unspecified atom stereocenters. The Bertz CT molecular complexity index is 1100. The first kappa shape index (κ1) is 17.5. The first-order valence-corrected chi connectivity index (χ1v) is 9.07. The maximum Gasteiger partial charge on any atom is 0.336 e. The highest BCUT2D eigenvalue weighted by molar-refractivity contribution is 5.84. The van der Waals surface area contributed by atoms with Crippen molar-refractivity contribution in [2.45, 2.75) is 39.4 Å². The van der Waals surface area contributed by atoms with Gasteiger partial charge < -0.3 is 10.2 Å². The summed E-state index contributed by atoms with van der Waals surface area (Å²) in [5.74, 6) is -0.344. The van der Waals surface area contributed by atoms with E-state index in [0.717, 1.165) is 27.6 Å². The highest BCUT2D eigenvalue weighted by Crippen LogP contribution is 2.28. The van der Waals surface area contributed by atoms with Crippen molar-refractivity contribution in [2.75, 3.05) is 0 Å². The Morgan fingerprint density at radius 2 is 1.93 bits per heavy atom. The Balaban J connectivity index is 1.78. The lowest BCUT2D eigenvalue weighted by molar-refractivity contribution is -0.124. The third-order valence-corrected chi connectivity index (χ3v) is 5.57. The number of hydrogen-bond donors (Lipinski definition) is 1. The van der Waals surface area contributed by atoms with Crippen LogP contribution in [0, 0.1) is 13.8 Å². The van der Waals surface area contributed by atoms with Gasteiger partial charge in [-0.25, -0.2) is 4.79 Å². The predicted molar refractivity (Wildman–Crippen MR) is 104 cm³/mol. The van der Waals surface area contributed by atoms with Crippen LogP contribution in [0.5, 0.6) is 0 Å². The molecule has 138 valence electrons. The Morgan fingerprint density at radius 1 is 1.19 bits per heavy atom. The second-order valence-corrected chi connectivity index (χ2v) is 7.27. The molecule has 1 aliphatic rings. The quantitative estimate of drug-likeness (QED) is 0.727. The summed E-state index contributed by atoms with van der Waals surface area (Å²) in [6.45, 7) is 5.03. The van der Waals surface area contributed by atoms with Gasteiger partial charge in [0, 0.05) is 24.5 Å². The van der Waals surface area contributed by atoms with E-state index in [1.54, 1.807) is 0 Å². The minimum atomic E-state index is -0.395. The van der Waals surface area contributed by atoms with Crippen LogP contribution in [0.4, 0.5) is 0 Å². The normalized spacial score (nSPS) is 17.0. The lowest BCUT2D eigenvalue weighted by Gasteiger charge is -2.35. The van der Waals surface area contributed by atoms with Gasteiger partial charge in [0.15, 0.2) is 0 Å². The van der Waals surface area contributed by atoms with Crippen molar-refractivity contribution in [3.05, 3.63) is 80.7 Å². The number of aryl methyl sites for hydroxylation is 2. The first-order chi connectivity index (χ1) is 12.9. The van der Waals surface area contributed by atoms with Gasteiger partial charge in [0.1, 0.15) is 5.58 Å². The van der Waals surface area contributed by atoms with E-state index in [2.05, 4.69) is 6.07 Å². The number of hydrogen-bond acceptors (Lipinski definition) is 4. The van der Waals surface area contributed by atoms with E-state index in [4.69, 9.17) is 10.2 Å². The SMILES string of the molecule is Cc1ccc2c(CN3Cc4ccccc4C[C@@H]3C(N)=O)cc(=O)oc2c1C. The van der Waals surface area contributed by atoms with Crippen molar-refractivity contribution in [1.29, 1.82) is 0 Å². The zero-order valence-corrected chi connectivity index (χ0v) is 15.5. The number of carbonyl (C=O) groups is 1. The molecule has 0 saturated carbocycles. The van der Waals surface area contributed by atoms with Crippen molar-refractivity contribution >= 4 is 16.9 Å². The zero-order chi connectivity index (χ0) is 19.1. The summed E-state index contributed by atoms with van der Waals surface area (Å²) in [5.41, 5.74) is 11.2. The van der Waals surface area contributed by atoms with E-state index in [1.807, 2.05) is 49.1 Å². The fraction of sp³-hybridized carbons (Fsp3) is 0.273. The third kappa shape index (κ3) is 3.15. The van der Waals surface area contributed by atoms with E-state index in [9.17, 15) is 9.59 Å². The summed E-state index contributed by atoms with van der Waals surface area (Å²) in [4.78, 5) is 26.3. The average Bonchev–Trinajstić information content (AvgIpc) is 2.64. The van der Waals surface area contributed by atoms with Crippen molar-refractivity contribution in [3.8, 4) is 0 Å². The molecule has 2 N–H and O–H groups in total. The topological polar surface area (TPSA) is 76.5 Å². The van der Waals surface area contributed by atoms with E-state index in [0.29, 0.717) is 25.1 Å². The molecule has 0 spiro atoms. The molecule has 0 radical (unpaired) electrons. The number of rotatable bonds is 3. The van der Waals surface area contributed by atoms with Crippen LogP contribution in [0.25, 0.3) is 11.0 Å². The van der Waals surface area contributed by atoms with Gasteiger partial charge in [0.05, 0.1) is 6.04 Å². The largest absolute Gasteiger partial charge is 0.422 e. The second kappa shape index (κ2) is 6.67. The molecule has 1 aliphatic heterocycles. The molecule has 0 bridgehead atoms. The standard InChI is InChI=1S/C22H22N2O3/c1-13-7-8-18-17(10-20(25)27-21(18)14(13)2)12-24-11-16-6-4-3-5-15(16)9-19(24)22(23)26/h3-8,10,19H,9,11-12H2,1-2H3,(H2,23,26)/t19-/m1/s1. The number of fused-ring (bicyclic) bond motifs is 2. The van der Waals surface area contributed by atoms with Crippen LogP contribution in [-0.4, -0.2) is 16.8 Å². The average molecular weight is 362 g/mol. The molecular formula is C22H22N2O3. The fourth-order valence-corrected chi connectivity index (χ4v) is 3.90.